The molecule has 0 radical (unpaired) electrons. The Balaban J connectivity index is 1.25. The van der Waals surface area contributed by atoms with Gasteiger partial charge in [0.15, 0.2) is 11.5 Å². The molecule has 0 spiro atoms. The summed E-state index contributed by atoms with van der Waals surface area (Å²) >= 11 is 6.49. The number of alkyl halides is 1. The second-order valence-corrected chi connectivity index (χ2v) is 10.8. The molecular formula is C30H23ClF2N6O5. The molecule has 2 amide bonds. The van der Waals surface area contributed by atoms with Crippen LogP contribution in [0.3, 0.4) is 0 Å². The van der Waals surface area contributed by atoms with Gasteiger partial charge in [0.1, 0.15) is 24.1 Å². The third kappa shape index (κ3) is 5.04. The monoisotopic (exact) mass is 620 g/mol. The molecule has 3 heterocycles. The number of aromatic amines is 1. The Hall–Kier alpha value is -5.17. The zero-order valence-electron chi connectivity index (χ0n) is 22.8. The zero-order valence-corrected chi connectivity index (χ0v) is 23.5. The number of hydrogen-bond acceptors (Lipinski definition) is 6. The van der Waals surface area contributed by atoms with E-state index in [0.29, 0.717) is 16.4 Å². The molecule has 0 aliphatic carbocycles. The number of imidazole rings is 1. The van der Waals surface area contributed by atoms with Crippen molar-refractivity contribution in [3.8, 4) is 11.1 Å². The lowest BCUT2D eigenvalue weighted by Gasteiger charge is -2.23. The summed E-state index contributed by atoms with van der Waals surface area (Å²) < 4.78 is 31.7. The summed E-state index contributed by atoms with van der Waals surface area (Å²) in [4.78, 5) is 57.7. The average molecular weight is 621 g/mol. The zero-order chi connectivity index (χ0) is 31.3. The van der Waals surface area contributed by atoms with E-state index in [4.69, 9.17) is 17.3 Å². The summed E-state index contributed by atoms with van der Waals surface area (Å²) in [6.07, 6.45) is -2.14. The molecule has 3 aromatic carbocycles. The molecule has 4 N–H and O–H groups in total. The first-order valence-electron chi connectivity index (χ1n) is 13.4. The van der Waals surface area contributed by atoms with Crippen LogP contribution in [0.25, 0.3) is 33.1 Å². The maximum atomic E-state index is 15.8. The molecule has 6 rings (SSSR count). The van der Waals surface area contributed by atoms with Gasteiger partial charge in [-0.1, -0.05) is 54.1 Å². The molecule has 1 saturated heterocycles. The summed E-state index contributed by atoms with van der Waals surface area (Å²) in [7, 11) is 0. The molecule has 5 aromatic rings. The van der Waals surface area contributed by atoms with Crippen LogP contribution in [-0.2, 0) is 22.6 Å². The lowest BCUT2D eigenvalue weighted by atomic mass is 9.96. The van der Waals surface area contributed by atoms with Crippen molar-refractivity contribution < 1.29 is 33.1 Å². The van der Waals surface area contributed by atoms with Crippen LogP contribution in [0.1, 0.15) is 33.1 Å². The van der Waals surface area contributed by atoms with E-state index in [0.717, 1.165) is 4.90 Å². The number of aromatic carboxylic acids is 1. The molecule has 1 fully saturated rings. The van der Waals surface area contributed by atoms with Crippen LogP contribution in [0.2, 0.25) is 5.02 Å². The summed E-state index contributed by atoms with van der Waals surface area (Å²) in [5.41, 5.74) is 6.68. The third-order valence-electron chi connectivity index (χ3n) is 7.65. The van der Waals surface area contributed by atoms with Gasteiger partial charge in [0.2, 0.25) is 11.7 Å². The first-order chi connectivity index (χ1) is 21.0. The number of amides is 2. The molecule has 1 aliphatic rings. The minimum absolute atomic E-state index is 0.00999. The van der Waals surface area contributed by atoms with E-state index in [2.05, 4.69) is 15.1 Å². The van der Waals surface area contributed by atoms with Gasteiger partial charge in [-0.15, -0.1) is 0 Å². The Morgan fingerprint density at radius 2 is 1.84 bits per heavy atom. The van der Waals surface area contributed by atoms with Gasteiger partial charge < -0.3 is 20.7 Å². The van der Waals surface area contributed by atoms with Crippen molar-refractivity contribution in [2.24, 2.45) is 5.73 Å². The summed E-state index contributed by atoms with van der Waals surface area (Å²) in [5.74, 6) is -4.28. The van der Waals surface area contributed by atoms with Gasteiger partial charge in [0, 0.05) is 29.4 Å². The van der Waals surface area contributed by atoms with Gasteiger partial charge in [0.05, 0.1) is 28.6 Å². The van der Waals surface area contributed by atoms with E-state index in [1.54, 1.807) is 24.3 Å². The SMILES string of the molecule is NC(=O)c1nn(CC(=O)N2C[C@H](F)C[C@H]2C(=O)Cc2cccc(-c3ccc4[nH]c(C(=O)O)nc4c3Cl)c2F)c2ccccc12. The van der Waals surface area contributed by atoms with Crippen LogP contribution >= 0.6 is 11.6 Å². The Morgan fingerprint density at radius 3 is 2.59 bits per heavy atom. The Labute approximate surface area is 252 Å². The largest absolute Gasteiger partial charge is 0.475 e. The van der Waals surface area contributed by atoms with E-state index in [1.165, 1.54) is 35.0 Å². The van der Waals surface area contributed by atoms with Crippen molar-refractivity contribution in [1.82, 2.24) is 24.6 Å². The number of benzene rings is 3. The van der Waals surface area contributed by atoms with E-state index < -0.39 is 48.0 Å². The highest BCUT2D eigenvalue weighted by Crippen LogP contribution is 2.36. The number of carbonyl (C=O) groups is 4. The van der Waals surface area contributed by atoms with Crippen LogP contribution in [0.4, 0.5) is 8.78 Å². The Kier molecular flexibility index (Phi) is 7.33. The summed E-state index contributed by atoms with van der Waals surface area (Å²) in [6, 6.07) is 13.0. The van der Waals surface area contributed by atoms with Crippen LogP contribution in [-0.4, -0.2) is 72.1 Å². The number of nitrogens with two attached hydrogens (primary N) is 1. The fraction of sp³-hybridized carbons (Fsp3) is 0.200. The van der Waals surface area contributed by atoms with Gasteiger partial charge in [-0.3, -0.25) is 19.1 Å². The fourth-order valence-electron chi connectivity index (χ4n) is 5.60. The molecule has 1 aliphatic heterocycles. The predicted octanol–water partition coefficient (Wildman–Crippen LogP) is 3.92. The number of aromatic nitrogens is 4. The van der Waals surface area contributed by atoms with Crippen molar-refractivity contribution in [3.63, 3.8) is 0 Å². The van der Waals surface area contributed by atoms with Crippen molar-refractivity contribution >= 4 is 57.1 Å². The lowest BCUT2D eigenvalue weighted by molar-refractivity contribution is -0.138. The fourth-order valence-corrected chi connectivity index (χ4v) is 5.90. The number of Topliss-reactive ketones (excluding diaryl/α,β-unsaturated/α-hetero) is 1. The molecule has 0 unspecified atom stereocenters. The molecule has 2 aromatic heterocycles. The molecule has 0 saturated carbocycles. The number of ketones is 1. The number of carboxylic acid groups (broad SMARTS) is 1. The van der Waals surface area contributed by atoms with Crippen molar-refractivity contribution in [3.05, 3.63) is 82.5 Å². The number of para-hydroxylation sites is 1. The van der Waals surface area contributed by atoms with Crippen molar-refractivity contribution in [2.45, 2.75) is 31.6 Å². The van der Waals surface area contributed by atoms with E-state index in [9.17, 15) is 28.7 Å². The molecule has 2 atom stereocenters. The third-order valence-corrected chi connectivity index (χ3v) is 8.03. The molecule has 14 heteroatoms. The van der Waals surface area contributed by atoms with Gasteiger partial charge in [-0.05, 0) is 17.7 Å². The first-order valence-corrected chi connectivity index (χ1v) is 13.8. The second kappa shape index (κ2) is 11.2. The lowest BCUT2D eigenvalue weighted by Crippen LogP contribution is -2.43. The minimum atomic E-state index is -1.46. The molecular weight excluding hydrogens is 598 g/mol. The number of carboxylic acids is 1. The number of carbonyl (C=O) groups excluding carboxylic acids is 3. The van der Waals surface area contributed by atoms with Crippen molar-refractivity contribution in [1.29, 1.82) is 0 Å². The first kappa shape index (κ1) is 28.9. The normalized spacial score (nSPS) is 16.6. The second-order valence-electron chi connectivity index (χ2n) is 10.4. The number of H-pyrrole nitrogens is 1. The number of nitrogens with one attached hydrogen (secondary N) is 1. The number of likely N-dealkylation sites (tertiary alicyclic amines) is 1. The summed E-state index contributed by atoms with van der Waals surface area (Å²) in [6.45, 7) is -0.691. The maximum Gasteiger partial charge on any atom is 0.371 e. The predicted molar refractivity (Wildman–Crippen MR) is 155 cm³/mol. The number of halogens is 3. The topological polar surface area (TPSA) is 164 Å². The summed E-state index contributed by atoms with van der Waals surface area (Å²) in [5, 5.41) is 13.9. The van der Waals surface area contributed by atoms with E-state index >= 15 is 4.39 Å². The molecule has 44 heavy (non-hydrogen) atoms. The Morgan fingerprint density at radius 1 is 1.07 bits per heavy atom. The number of primary amides is 1. The van der Waals surface area contributed by atoms with E-state index in [-0.39, 0.29) is 58.3 Å². The van der Waals surface area contributed by atoms with Crippen LogP contribution in [0.15, 0.2) is 54.6 Å². The van der Waals surface area contributed by atoms with Crippen molar-refractivity contribution in [2.75, 3.05) is 6.54 Å². The highest BCUT2D eigenvalue weighted by molar-refractivity contribution is 6.37. The minimum Gasteiger partial charge on any atom is -0.475 e. The smallest absolute Gasteiger partial charge is 0.371 e. The maximum absolute atomic E-state index is 15.8. The number of rotatable bonds is 8. The van der Waals surface area contributed by atoms with Gasteiger partial charge in [-0.2, -0.15) is 5.10 Å². The van der Waals surface area contributed by atoms with Gasteiger partial charge in [0.25, 0.3) is 5.91 Å². The average Bonchev–Trinajstić information content (AvgIpc) is 3.70. The quantitative estimate of drug-likeness (QED) is 0.237. The number of fused-ring (bicyclic) bond motifs is 2. The molecule has 224 valence electrons. The van der Waals surface area contributed by atoms with Gasteiger partial charge in [-0.25, -0.2) is 18.6 Å². The van der Waals surface area contributed by atoms with Crippen LogP contribution < -0.4 is 5.73 Å². The van der Waals surface area contributed by atoms with Crippen LogP contribution in [0, 0.1) is 5.82 Å². The number of nitrogens with zero attached hydrogens (tertiary/aromatic N) is 4. The Bertz CT molecular complexity index is 2010. The number of hydrogen-bond donors (Lipinski definition) is 3. The van der Waals surface area contributed by atoms with Gasteiger partial charge >= 0.3 is 5.97 Å². The van der Waals surface area contributed by atoms with E-state index in [1.807, 2.05) is 0 Å². The molecule has 0 bridgehead atoms. The standard InChI is InChI=1S/C30H23ClF2N6O5/c31-24-16(8-9-19-27(24)36-29(35-19)30(43)44)17-6-3-4-14(25(17)33)10-22(40)21-11-15(32)12-38(21)23(41)13-39-20-7-2-1-5-18(20)26(37-39)28(34)42/h1-9,15,21H,10-13H2,(H2,34,42)(H,35,36)(H,43,44)/t15-,21+/m1/s1. The molecule has 11 nitrogen and oxygen atoms in total. The highest BCUT2D eigenvalue weighted by atomic mass is 35.5. The van der Waals surface area contributed by atoms with Crippen LogP contribution in [0.5, 0.6) is 0 Å². The highest BCUT2D eigenvalue weighted by Gasteiger charge is 2.40.